The van der Waals surface area contributed by atoms with Crippen LogP contribution in [0.2, 0.25) is 0 Å². The van der Waals surface area contributed by atoms with Crippen molar-refractivity contribution in [1.29, 1.82) is 0 Å². The van der Waals surface area contributed by atoms with Crippen LogP contribution in [0, 0.1) is 0 Å². The Bertz CT molecular complexity index is 294. The molecule has 0 amide bonds. The second-order valence-corrected chi connectivity index (χ2v) is 6.24. The van der Waals surface area contributed by atoms with E-state index in [0.29, 0.717) is 5.57 Å². The molecule has 0 aromatic heterocycles. The molecule has 16 heavy (non-hydrogen) atoms. The van der Waals surface area contributed by atoms with Crippen LogP contribution in [-0.4, -0.2) is 15.1 Å². The summed E-state index contributed by atoms with van der Waals surface area (Å²) in [5.74, 6) is 0. The van der Waals surface area contributed by atoms with E-state index in [9.17, 15) is 0 Å². The Morgan fingerprint density at radius 2 is 1.88 bits per heavy atom. The number of allylic oxidation sites excluding steroid dienone is 4. The highest BCUT2D eigenvalue weighted by Gasteiger charge is 2.25. The molecule has 0 unspecified atom stereocenters. The highest BCUT2D eigenvalue weighted by atomic mass is 79.9. The summed E-state index contributed by atoms with van der Waals surface area (Å²) in [4.78, 5) is 0.270. The quantitative estimate of drug-likeness (QED) is 0.402. The Morgan fingerprint density at radius 3 is 2.25 bits per heavy atom. The summed E-state index contributed by atoms with van der Waals surface area (Å²) >= 11 is 32.3. The molecule has 0 nitrogen and oxygen atoms in total. The predicted molar refractivity (Wildman–Crippen MR) is 80.5 cm³/mol. The number of hydrogen-bond donors (Lipinski definition) is 0. The SMILES string of the molecule is C[C@@](Cl)(C=CBr)[C@@H](Cl)/C=C/C(=C/Cl)C(Cl)Cl. The third-order valence-electron chi connectivity index (χ3n) is 1.76. The summed E-state index contributed by atoms with van der Waals surface area (Å²) in [5, 5.41) is -0.415. The van der Waals surface area contributed by atoms with Crippen LogP contribution in [0.25, 0.3) is 0 Å². The molecule has 0 aromatic carbocycles. The third kappa shape index (κ3) is 6.18. The van der Waals surface area contributed by atoms with Crippen molar-refractivity contribution >= 4 is 73.9 Å². The Balaban J connectivity index is 4.67. The van der Waals surface area contributed by atoms with Crippen molar-refractivity contribution in [2.75, 3.05) is 0 Å². The molecule has 0 aliphatic carbocycles. The van der Waals surface area contributed by atoms with E-state index in [1.807, 2.05) is 0 Å². The summed E-state index contributed by atoms with van der Waals surface area (Å²) in [6.07, 6.45) is 5.07. The monoisotopic (exact) mass is 384 g/mol. The van der Waals surface area contributed by atoms with Crippen molar-refractivity contribution in [3.8, 4) is 0 Å². The standard InChI is InChI=1S/C10H10BrCl5/c1-10(16,4-5-11)8(13)3-2-7(6-12)9(14)15/h2-6,8-9H,1H3/b3-2+,5-4?,7-6-/t8-,10+/m0/s1. The van der Waals surface area contributed by atoms with Crippen LogP contribution in [0.15, 0.2) is 34.3 Å². The number of halogens is 6. The van der Waals surface area contributed by atoms with Gasteiger partial charge < -0.3 is 0 Å². The van der Waals surface area contributed by atoms with Gasteiger partial charge in [0, 0.05) is 5.54 Å². The molecular weight excluding hydrogens is 377 g/mol. The van der Waals surface area contributed by atoms with E-state index in [4.69, 9.17) is 58.0 Å². The molecule has 0 radical (unpaired) electrons. The molecule has 92 valence electrons. The molecular formula is C10H10BrCl5. The van der Waals surface area contributed by atoms with Crippen LogP contribution in [-0.2, 0) is 0 Å². The van der Waals surface area contributed by atoms with Gasteiger partial charge in [-0.1, -0.05) is 45.8 Å². The fourth-order valence-corrected chi connectivity index (χ4v) is 2.34. The topological polar surface area (TPSA) is 0 Å². The van der Waals surface area contributed by atoms with Crippen molar-refractivity contribution in [2.45, 2.75) is 22.0 Å². The minimum absolute atomic E-state index is 0.415. The van der Waals surface area contributed by atoms with Gasteiger partial charge in [-0.25, -0.2) is 0 Å². The van der Waals surface area contributed by atoms with Crippen LogP contribution in [0.4, 0.5) is 0 Å². The van der Waals surface area contributed by atoms with E-state index < -0.39 is 15.1 Å². The number of hydrogen-bond acceptors (Lipinski definition) is 0. The zero-order valence-corrected chi connectivity index (χ0v) is 13.7. The van der Waals surface area contributed by atoms with Gasteiger partial charge in [-0.2, -0.15) is 0 Å². The van der Waals surface area contributed by atoms with Crippen LogP contribution in [0.3, 0.4) is 0 Å². The molecule has 0 aliphatic rings. The first-order valence-electron chi connectivity index (χ1n) is 4.22. The van der Waals surface area contributed by atoms with Gasteiger partial charge >= 0.3 is 0 Å². The first kappa shape index (κ1) is 17.2. The minimum Gasteiger partial charge on any atom is -0.116 e. The van der Waals surface area contributed by atoms with Gasteiger partial charge in [0.2, 0.25) is 0 Å². The molecule has 0 fully saturated rings. The lowest BCUT2D eigenvalue weighted by atomic mass is 10.1. The van der Waals surface area contributed by atoms with Crippen molar-refractivity contribution in [1.82, 2.24) is 0 Å². The Labute approximate surface area is 129 Å². The van der Waals surface area contributed by atoms with E-state index in [2.05, 4.69) is 15.9 Å². The second-order valence-electron chi connectivity index (χ2n) is 3.11. The van der Waals surface area contributed by atoms with Crippen molar-refractivity contribution in [2.24, 2.45) is 0 Å². The highest BCUT2D eigenvalue weighted by molar-refractivity contribution is 9.11. The third-order valence-corrected chi connectivity index (χ3v) is 3.86. The van der Waals surface area contributed by atoms with Gasteiger partial charge in [0.1, 0.15) is 4.84 Å². The summed E-state index contributed by atoms with van der Waals surface area (Å²) < 4.78 is 0. The largest absolute Gasteiger partial charge is 0.133 e. The average Bonchev–Trinajstić information content (AvgIpc) is 2.17. The van der Waals surface area contributed by atoms with Gasteiger partial charge in [-0.05, 0) is 17.5 Å². The normalized spacial score (nSPS) is 19.6. The molecule has 0 bridgehead atoms. The maximum atomic E-state index is 6.17. The number of rotatable bonds is 5. The predicted octanol–water partition coefficient (Wildman–Crippen LogP) is 5.98. The molecule has 0 saturated carbocycles. The highest BCUT2D eigenvalue weighted by Crippen LogP contribution is 2.28. The first-order valence-corrected chi connectivity index (χ1v) is 7.26. The van der Waals surface area contributed by atoms with Crippen LogP contribution in [0.5, 0.6) is 0 Å². The molecule has 0 heterocycles. The van der Waals surface area contributed by atoms with Gasteiger partial charge in [0.05, 0.1) is 10.3 Å². The molecule has 0 aliphatic heterocycles. The smallest absolute Gasteiger partial charge is 0.116 e. The first-order chi connectivity index (χ1) is 7.35. The molecule has 6 heteroatoms. The van der Waals surface area contributed by atoms with E-state index in [1.165, 1.54) is 5.54 Å². The molecule has 2 atom stereocenters. The van der Waals surface area contributed by atoms with Crippen LogP contribution >= 0.6 is 73.9 Å². The molecule has 0 N–H and O–H groups in total. The number of alkyl halides is 4. The van der Waals surface area contributed by atoms with Crippen molar-refractivity contribution in [3.63, 3.8) is 0 Å². The fourth-order valence-electron chi connectivity index (χ4n) is 0.756. The zero-order chi connectivity index (χ0) is 12.8. The lowest BCUT2D eigenvalue weighted by Gasteiger charge is -2.21. The maximum Gasteiger partial charge on any atom is 0.133 e. The van der Waals surface area contributed by atoms with Crippen molar-refractivity contribution in [3.05, 3.63) is 34.3 Å². The van der Waals surface area contributed by atoms with Gasteiger partial charge in [0.25, 0.3) is 0 Å². The van der Waals surface area contributed by atoms with Crippen LogP contribution < -0.4 is 0 Å². The van der Waals surface area contributed by atoms with E-state index in [0.717, 1.165) is 0 Å². The fraction of sp³-hybridized carbons (Fsp3) is 0.400. The average molecular weight is 387 g/mol. The Kier molecular flexibility index (Phi) is 8.88. The lowest BCUT2D eigenvalue weighted by Crippen LogP contribution is -2.24. The lowest BCUT2D eigenvalue weighted by molar-refractivity contribution is 0.800. The molecule has 0 rings (SSSR count). The summed E-state index contributed by atoms with van der Waals surface area (Å²) in [5.41, 5.74) is 1.86. The molecule has 0 saturated heterocycles. The van der Waals surface area contributed by atoms with Gasteiger partial charge in [0.15, 0.2) is 0 Å². The van der Waals surface area contributed by atoms with Crippen molar-refractivity contribution < 1.29 is 0 Å². The summed E-state index contributed by atoms with van der Waals surface area (Å²) in [6, 6.07) is 0. The van der Waals surface area contributed by atoms with E-state index in [1.54, 1.807) is 30.1 Å². The zero-order valence-electron chi connectivity index (χ0n) is 8.31. The van der Waals surface area contributed by atoms with E-state index in [-0.39, 0.29) is 0 Å². The maximum absolute atomic E-state index is 6.17. The molecule has 0 aromatic rings. The van der Waals surface area contributed by atoms with Crippen LogP contribution in [0.1, 0.15) is 6.92 Å². The Hall–Kier alpha value is 1.15. The molecule has 0 spiro atoms. The Morgan fingerprint density at radius 1 is 1.31 bits per heavy atom. The summed E-state index contributed by atoms with van der Waals surface area (Å²) in [7, 11) is 0. The van der Waals surface area contributed by atoms with Gasteiger partial charge in [-0.15, -0.1) is 46.4 Å². The van der Waals surface area contributed by atoms with Gasteiger partial charge in [-0.3, -0.25) is 0 Å². The second kappa shape index (κ2) is 8.29. The van der Waals surface area contributed by atoms with E-state index >= 15 is 0 Å². The minimum atomic E-state index is -0.701. The summed E-state index contributed by atoms with van der Waals surface area (Å²) in [6.45, 7) is 1.79.